The Bertz CT molecular complexity index is 843. The number of nitrogens with zero attached hydrogens (tertiary/aromatic N) is 1. The van der Waals surface area contributed by atoms with Gasteiger partial charge in [0.2, 0.25) is 5.12 Å². The van der Waals surface area contributed by atoms with E-state index in [9.17, 15) is 19.5 Å². The number of carbonyl (C=O) groups is 3. The number of thioether (sulfide) groups is 1. The molecule has 0 spiro atoms. The number of rotatable bonds is 6. The van der Waals surface area contributed by atoms with Crippen molar-refractivity contribution in [1.82, 2.24) is 4.90 Å². The first-order valence-electron chi connectivity index (χ1n) is 13.9. The number of carbonyl (C=O) groups excluding carboxylic acids is 3. The standard InChI is InChI=1S/C28H43NO5S/c1-27-9-7-19(30)15-18(27)3-4-20-21-5-6-22(28(21,2)16-24(32)26(20)27)23(31)8-14-35-25(33)17-29-10-12-34-13-11-29/h18-22,26,30H,3-17H2,1-2H3/t18-,19+,20-,21-,22+,26+,27-,28-/m0/s1. The van der Waals surface area contributed by atoms with Gasteiger partial charge in [0.05, 0.1) is 25.9 Å². The number of ether oxygens (including phenoxy) is 1. The van der Waals surface area contributed by atoms with Crippen LogP contribution < -0.4 is 0 Å². The second-order valence-electron chi connectivity index (χ2n) is 12.6. The highest BCUT2D eigenvalue weighted by Gasteiger charge is 2.63. The summed E-state index contributed by atoms with van der Waals surface area (Å²) in [6.45, 7) is 7.92. The zero-order chi connectivity index (χ0) is 24.8. The molecule has 0 bridgehead atoms. The summed E-state index contributed by atoms with van der Waals surface area (Å²) in [6.07, 6.45) is 7.47. The van der Waals surface area contributed by atoms with E-state index in [0.717, 1.165) is 58.0 Å². The number of ketones is 2. The summed E-state index contributed by atoms with van der Waals surface area (Å²) >= 11 is 1.29. The molecular weight excluding hydrogens is 462 g/mol. The third kappa shape index (κ3) is 4.80. The average molecular weight is 506 g/mol. The van der Waals surface area contributed by atoms with Crippen molar-refractivity contribution in [3.8, 4) is 0 Å². The molecule has 0 aromatic carbocycles. The molecule has 0 radical (unpaired) electrons. The highest BCUT2D eigenvalue weighted by Crippen LogP contribution is 2.66. The molecule has 1 heterocycles. The van der Waals surface area contributed by atoms with Crippen LogP contribution in [0.25, 0.3) is 0 Å². The van der Waals surface area contributed by atoms with Crippen LogP contribution in [0.5, 0.6) is 0 Å². The predicted molar refractivity (Wildman–Crippen MR) is 136 cm³/mol. The fraction of sp³-hybridized carbons (Fsp3) is 0.893. The van der Waals surface area contributed by atoms with Gasteiger partial charge in [-0.25, -0.2) is 0 Å². The SMILES string of the molecule is C[C@]12CC[C@@H](O)C[C@@H]1CC[C@H]1[C@@H]3CC[C@H](C(=O)CCSC(=O)CN4CCOCC4)[C@@]3(C)CC(=O)[C@@H]12. The van der Waals surface area contributed by atoms with Crippen LogP contribution in [0.2, 0.25) is 0 Å². The van der Waals surface area contributed by atoms with Crippen LogP contribution in [-0.2, 0) is 19.1 Å². The molecule has 0 unspecified atom stereocenters. The van der Waals surface area contributed by atoms with E-state index in [1.807, 2.05) is 0 Å². The smallest absolute Gasteiger partial charge is 0.202 e. The molecule has 4 saturated carbocycles. The third-order valence-corrected chi connectivity index (χ3v) is 11.6. The zero-order valence-electron chi connectivity index (χ0n) is 21.5. The molecule has 6 nitrogen and oxygen atoms in total. The van der Waals surface area contributed by atoms with Crippen LogP contribution in [-0.4, -0.2) is 71.4 Å². The number of Topliss-reactive ketones (excluding diaryl/α,β-unsaturated/α-hetero) is 2. The maximum atomic E-state index is 13.7. The fourth-order valence-electron chi connectivity index (χ4n) is 9.01. The van der Waals surface area contributed by atoms with Gasteiger partial charge in [0.25, 0.3) is 0 Å². The van der Waals surface area contributed by atoms with E-state index in [0.29, 0.717) is 61.9 Å². The lowest BCUT2D eigenvalue weighted by atomic mass is 9.44. The first-order chi connectivity index (χ1) is 16.7. The molecule has 1 aliphatic heterocycles. The first-order valence-corrected chi connectivity index (χ1v) is 14.9. The van der Waals surface area contributed by atoms with Gasteiger partial charge in [-0.05, 0) is 73.5 Å². The molecule has 1 saturated heterocycles. The normalized spacial score (nSPS) is 43.8. The molecule has 35 heavy (non-hydrogen) atoms. The maximum absolute atomic E-state index is 13.7. The van der Waals surface area contributed by atoms with Crippen LogP contribution in [0, 0.1) is 40.4 Å². The predicted octanol–water partition coefficient (Wildman–Crippen LogP) is 3.74. The minimum atomic E-state index is -0.227. The number of hydrogen-bond donors (Lipinski definition) is 1. The van der Waals surface area contributed by atoms with E-state index in [4.69, 9.17) is 4.74 Å². The van der Waals surface area contributed by atoms with E-state index < -0.39 is 0 Å². The van der Waals surface area contributed by atoms with Gasteiger partial charge in [-0.15, -0.1) is 0 Å². The van der Waals surface area contributed by atoms with Crippen molar-refractivity contribution in [2.75, 3.05) is 38.6 Å². The summed E-state index contributed by atoms with van der Waals surface area (Å²) in [5.41, 5.74) is -0.213. The van der Waals surface area contributed by atoms with Crippen molar-refractivity contribution in [3.05, 3.63) is 0 Å². The summed E-state index contributed by atoms with van der Waals surface area (Å²) < 4.78 is 5.34. The largest absolute Gasteiger partial charge is 0.393 e. The molecule has 7 heteroatoms. The molecule has 196 valence electrons. The molecule has 5 fully saturated rings. The molecule has 1 N–H and O–H groups in total. The molecule has 0 aromatic heterocycles. The Hall–Kier alpha value is -0.760. The van der Waals surface area contributed by atoms with Crippen molar-refractivity contribution in [3.63, 3.8) is 0 Å². The number of fused-ring (bicyclic) bond motifs is 5. The second kappa shape index (κ2) is 10.2. The second-order valence-corrected chi connectivity index (χ2v) is 13.7. The molecule has 8 atom stereocenters. The van der Waals surface area contributed by atoms with Gasteiger partial charge in [-0.2, -0.15) is 0 Å². The number of aliphatic hydroxyl groups is 1. The molecular formula is C28H43NO5S. The van der Waals surface area contributed by atoms with Gasteiger partial charge in [0, 0.05) is 43.5 Å². The third-order valence-electron chi connectivity index (χ3n) is 10.8. The Labute approximate surface area is 214 Å². The van der Waals surface area contributed by atoms with Gasteiger partial charge < -0.3 is 9.84 Å². The zero-order valence-corrected chi connectivity index (χ0v) is 22.3. The van der Waals surface area contributed by atoms with Crippen molar-refractivity contribution in [2.45, 2.75) is 77.7 Å². The Morgan fingerprint density at radius 3 is 2.63 bits per heavy atom. The summed E-state index contributed by atoms with van der Waals surface area (Å²) in [5.74, 6) is 2.52. The Morgan fingerprint density at radius 2 is 1.86 bits per heavy atom. The monoisotopic (exact) mass is 505 g/mol. The van der Waals surface area contributed by atoms with Crippen LogP contribution in [0.1, 0.15) is 71.6 Å². The van der Waals surface area contributed by atoms with Gasteiger partial charge >= 0.3 is 0 Å². The van der Waals surface area contributed by atoms with E-state index in [2.05, 4.69) is 18.7 Å². The highest BCUT2D eigenvalue weighted by molar-refractivity contribution is 8.13. The van der Waals surface area contributed by atoms with E-state index in [1.54, 1.807) is 0 Å². The van der Waals surface area contributed by atoms with Crippen molar-refractivity contribution >= 4 is 28.4 Å². The Morgan fingerprint density at radius 1 is 1.09 bits per heavy atom. The number of hydrogen-bond acceptors (Lipinski definition) is 7. The van der Waals surface area contributed by atoms with Crippen LogP contribution >= 0.6 is 11.8 Å². The summed E-state index contributed by atoms with van der Waals surface area (Å²) in [7, 11) is 0. The van der Waals surface area contributed by atoms with Crippen LogP contribution in [0.3, 0.4) is 0 Å². The highest BCUT2D eigenvalue weighted by atomic mass is 32.2. The minimum Gasteiger partial charge on any atom is -0.393 e. The van der Waals surface area contributed by atoms with Gasteiger partial charge in [-0.3, -0.25) is 19.3 Å². The van der Waals surface area contributed by atoms with E-state index >= 15 is 0 Å². The minimum absolute atomic E-state index is 0.0140. The van der Waals surface area contributed by atoms with Gasteiger partial charge in [0.15, 0.2) is 0 Å². The Balaban J connectivity index is 1.19. The van der Waals surface area contributed by atoms with Gasteiger partial charge in [0.1, 0.15) is 11.6 Å². The van der Waals surface area contributed by atoms with Crippen molar-refractivity contribution in [1.29, 1.82) is 0 Å². The molecule has 0 aromatic rings. The van der Waals surface area contributed by atoms with Crippen LogP contribution in [0.15, 0.2) is 0 Å². The van der Waals surface area contributed by atoms with E-state index in [1.165, 1.54) is 11.8 Å². The number of aliphatic hydroxyl groups excluding tert-OH is 1. The maximum Gasteiger partial charge on any atom is 0.202 e. The molecule has 0 amide bonds. The van der Waals surface area contributed by atoms with Gasteiger partial charge in [-0.1, -0.05) is 25.6 Å². The molecule has 4 aliphatic carbocycles. The molecule has 5 aliphatic rings. The quantitative estimate of drug-likeness (QED) is 0.589. The van der Waals surface area contributed by atoms with Crippen molar-refractivity contribution in [2.24, 2.45) is 40.4 Å². The number of morpholine rings is 1. The summed E-state index contributed by atoms with van der Waals surface area (Å²) in [4.78, 5) is 41.6. The van der Waals surface area contributed by atoms with E-state index in [-0.39, 0.29) is 39.7 Å². The Kier molecular flexibility index (Phi) is 7.53. The lowest BCUT2D eigenvalue weighted by Gasteiger charge is -2.59. The summed E-state index contributed by atoms with van der Waals surface area (Å²) in [5, 5.41) is 10.4. The average Bonchev–Trinajstić information content (AvgIpc) is 3.16. The van der Waals surface area contributed by atoms with Crippen molar-refractivity contribution < 1.29 is 24.2 Å². The topological polar surface area (TPSA) is 83.9 Å². The lowest BCUT2D eigenvalue weighted by Crippen LogP contribution is -2.58. The fourth-order valence-corrected chi connectivity index (χ4v) is 9.81. The van der Waals surface area contributed by atoms with Crippen LogP contribution in [0.4, 0.5) is 0 Å². The molecule has 5 rings (SSSR count). The summed E-state index contributed by atoms with van der Waals surface area (Å²) in [6, 6.07) is 0. The first kappa shape index (κ1) is 25.9. The lowest BCUT2D eigenvalue weighted by molar-refractivity contribution is -0.162.